The summed E-state index contributed by atoms with van der Waals surface area (Å²) in [5, 5.41) is 14.8. The van der Waals surface area contributed by atoms with Gasteiger partial charge in [0.1, 0.15) is 0 Å². The fourth-order valence-electron chi connectivity index (χ4n) is 8.30. The van der Waals surface area contributed by atoms with E-state index in [0.717, 1.165) is 42.7 Å². The second-order valence-corrected chi connectivity index (χ2v) is 11.7. The number of pyridine rings is 1. The molecule has 0 saturated heterocycles. The lowest BCUT2D eigenvalue weighted by Crippen LogP contribution is -2.51. The summed E-state index contributed by atoms with van der Waals surface area (Å²) < 4.78 is 1.87. The number of aliphatic hydroxyl groups excluding tert-OH is 1. The van der Waals surface area contributed by atoms with Crippen molar-refractivity contribution >= 4 is 11.6 Å². The predicted molar refractivity (Wildman–Crippen MR) is 129 cm³/mol. The van der Waals surface area contributed by atoms with Gasteiger partial charge in [-0.15, -0.1) is 0 Å². The number of nitrogens with one attached hydrogen (secondary N) is 1. The molecule has 5 heteroatoms. The van der Waals surface area contributed by atoms with Gasteiger partial charge in [-0.1, -0.05) is 31.6 Å². The Kier molecular flexibility index (Phi) is 5.97. The Hall–Kier alpha value is -2.01. The van der Waals surface area contributed by atoms with Crippen LogP contribution in [0.15, 0.2) is 47.3 Å². The lowest BCUT2D eigenvalue weighted by molar-refractivity contribution is -0.684. The second-order valence-electron chi connectivity index (χ2n) is 11.7. The van der Waals surface area contributed by atoms with Crippen molar-refractivity contribution in [1.82, 2.24) is 5.43 Å². The van der Waals surface area contributed by atoms with E-state index in [-0.39, 0.29) is 29.4 Å². The third kappa shape index (κ3) is 3.96. The molecule has 7 atom stereocenters. The molecule has 0 radical (unpaired) electrons. The van der Waals surface area contributed by atoms with Gasteiger partial charge in [0, 0.05) is 23.8 Å². The Balaban J connectivity index is 1.29. The van der Waals surface area contributed by atoms with Crippen molar-refractivity contribution in [3.63, 3.8) is 0 Å². The number of hydrogen-bond acceptors (Lipinski definition) is 3. The summed E-state index contributed by atoms with van der Waals surface area (Å²) in [6.07, 6.45) is 15.3. The zero-order valence-corrected chi connectivity index (χ0v) is 20.5. The first-order chi connectivity index (χ1) is 15.8. The number of carbonyl (C=O) groups is 1. The summed E-state index contributed by atoms with van der Waals surface area (Å²) in [7, 11) is 0. The highest BCUT2D eigenvalue weighted by Crippen LogP contribution is 2.66. The second kappa shape index (κ2) is 8.65. The van der Waals surface area contributed by atoms with Crippen LogP contribution in [0.2, 0.25) is 0 Å². The van der Waals surface area contributed by atoms with Crippen LogP contribution in [0, 0.1) is 34.5 Å². The summed E-state index contributed by atoms with van der Waals surface area (Å²) in [5.41, 5.74) is 6.00. The molecule has 0 spiro atoms. The van der Waals surface area contributed by atoms with Gasteiger partial charge in [-0.2, -0.15) is 9.67 Å². The van der Waals surface area contributed by atoms with Crippen molar-refractivity contribution in [3.05, 3.63) is 42.2 Å². The molecule has 1 amide bonds. The van der Waals surface area contributed by atoms with E-state index in [1.165, 1.54) is 37.7 Å². The number of fused-ring (bicyclic) bond motifs is 5. The van der Waals surface area contributed by atoms with E-state index in [0.29, 0.717) is 5.92 Å². The van der Waals surface area contributed by atoms with Crippen LogP contribution in [0.3, 0.4) is 0 Å². The molecule has 5 rings (SSSR count). The monoisotopic (exact) mass is 450 g/mol. The summed E-state index contributed by atoms with van der Waals surface area (Å²) in [5.74, 6) is 2.59. The van der Waals surface area contributed by atoms with Gasteiger partial charge in [0.25, 0.3) is 0 Å². The third-order valence-corrected chi connectivity index (χ3v) is 10.0. The standard InChI is InChI=1S/C28H39N3O2/c1-19(29-30-26(33)18-31-15-5-4-6-16-31)23-9-10-24-22-8-7-20-17-21(32)11-13-27(20,2)25(22)12-14-28(23,24)3/h4-7,15-16,21-25,32H,8-14,17-18H2,1-3H3/p+1/b29-19+. The Bertz CT molecular complexity index is 957. The Morgan fingerprint density at radius 1 is 1.12 bits per heavy atom. The molecule has 0 bridgehead atoms. The minimum Gasteiger partial charge on any atom is -0.393 e. The molecular formula is C28H40N3O2+. The first kappa shape index (κ1) is 22.8. The number of carbonyl (C=O) groups excluding carboxylic acids is 1. The fourth-order valence-corrected chi connectivity index (χ4v) is 8.30. The van der Waals surface area contributed by atoms with E-state index in [1.807, 2.05) is 35.2 Å². The number of hydrogen-bond donors (Lipinski definition) is 2. The van der Waals surface area contributed by atoms with Gasteiger partial charge in [0.05, 0.1) is 6.10 Å². The lowest BCUT2D eigenvalue weighted by Gasteiger charge is -2.58. The van der Waals surface area contributed by atoms with Crippen LogP contribution >= 0.6 is 0 Å². The number of amides is 1. The molecular weight excluding hydrogens is 410 g/mol. The Morgan fingerprint density at radius 2 is 1.91 bits per heavy atom. The highest BCUT2D eigenvalue weighted by molar-refractivity contribution is 5.87. The lowest BCUT2D eigenvalue weighted by atomic mass is 9.47. The molecule has 0 aromatic carbocycles. The Labute approximate surface area is 198 Å². The minimum absolute atomic E-state index is 0.0775. The normalized spacial score (nSPS) is 40.3. The van der Waals surface area contributed by atoms with Crippen LogP contribution in [-0.2, 0) is 11.3 Å². The van der Waals surface area contributed by atoms with Crippen LogP contribution in [-0.4, -0.2) is 22.8 Å². The van der Waals surface area contributed by atoms with Gasteiger partial charge in [-0.05, 0) is 86.9 Å². The highest BCUT2D eigenvalue weighted by Gasteiger charge is 2.59. The van der Waals surface area contributed by atoms with Gasteiger partial charge in [0.15, 0.2) is 12.4 Å². The molecule has 7 unspecified atom stereocenters. The first-order valence-electron chi connectivity index (χ1n) is 13.0. The van der Waals surface area contributed by atoms with Gasteiger partial charge in [-0.3, -0.25) is 4.79 Å². The van der Waals surface area contributed by atoms with Gasteiger partial charge in [0.2, 0.25) is 6.54 Å². The van der Waals surface area contributed by atoms with E-state index in [2.05, 4.69) is 37.4 Å². The van der Waals surface area contributed by atoms with Crippen molar-refractivity contribution in [1.29, 1.82) is 0 Å². The van der Waals surface area contributed by atoms with Gasteiger partial charge in [-0.25, -0.2) is 5.43 Å². The molecule has 5 nitrogen and oxygen atoms in total. The molecule has 33 heavy (non-hydrogen) atoms. The van der Waals surface area contributed by atoms with E-state index < -0.39 is 0 Å². The number of hydrazone groups is 1. The van der Waals surface area contributed by atoms with Crippen molar-refractivity contribution in [2.24, 2.45) is 39.6 Å². The smallest absolute Gasteiger partial charge is 0.305 e. The molecule has 1 aromatic rings. The third-order valence-electron chi connectivity index (χ3n) is 10.0. The van der Waals surface area contributed by atoms with Crippen LogP contribution in [0.25, 0.3) is 0 Å². The molecule has 4 aliphatic carbocycles. The highest BCUT2D eigenvalue weighted by atomic mass is 16.3. The largest absolute Gasteiger partial charge is 0.393 e. The quantitative estimate of drug-likeness (QED) is 0.309. The van der Waals surface area contributed by atoms with E-state index in [4.69, 9.17) is 0 Å². The summed E-state index contributed by atoms with van der Waals surface area (Å²) in [6.45, 7) is 7.39. The number of aliphatic hydroxyl groups is 1. The predicted octanol–water partition coefficient (Wildman–Crippen LogP) is 4.41. The number of nitrogens with zero attached hydrogens (tertiary/aromatic N) is 2. The maximum atomic E-state index is 12.4. The number of rotatable bonds is 4. The van der Waals surface area contributed by atoms with E-state index in [9.17, 15) is 9.90 Å². The first-order valence-corrected chi connectivity index (χ1v) is 13.0. The molecule has 4 aliphatic rings. The zero-order valence-electron chi connectivity index (χ0n) is 20.5. The molecule has 3 fully saturated rings. The van der Waals surface area contributed by atoms with Crippen LogP contribution < -0.4 is 9.99 Å². The zero-order chi connectivity index (χ0) is 23.2. The maximum absolute atomic E-state index is 12.4. The molecule has 1 aromatic heterocycles. The maximum Gasteiger partial charge on any atom is 0.305 e. The summed E-state index contributed by atoms with van der Waals surface area (Å²) >= 11 is 0. The van der Waals surface area contributed by atoms with Crippen molar-refractivity contribution in [3.8, 4) is 0 Å². The van der Waals surface area contributed by atoms with Crippen molar-refractivity contribution in [2.45, 2.75) is 84.8 Å². The average Bonchev–Trinajstić information content (AvgIpc) is 3.16. The van der Waals surface area contributed by atoms with Crippen LogP contribution in [0.1, 0.15) is 72.1 Å². The molecule has 0 aliphatic heterocycles. The summed E-state index contributed by atoms with van der Waals surface area (Å²) in [6, 6.07) is 5.80. The van der Waals surface area contributed by atoms with Gasteiger partial charge >= 0.3 is 5.91 Å². The minimum atomic E-state index is -0.139. The Morgan fingerprint density at radius 3 is 2.70 bits per heavy atom. The summed E-state index contributed by atoms with van der Waals surface area (Å²) in [4.78, 5) is 12.4. The number of aromatic nitrogens is 1. The van der Waals surface area contributed by atoms with Gasteiger partial charge < -0.3 is 5.11 Å². The van der Waals surface area contributed by atoms with Crippen LogP contribution in [0.5, 0.6) is 0 Å². The van der Waals surface area contributed by atoms with Crippen molar-refractivity contribution < 1.29 is 14.5 Å². The van der Waals surface area contributed by atoms with Crippen molar-refractivity contribution in [2.75, 3.05) is 0 Å². The molecule has 3 saturated carbocycles. The topological polar surface area (TPSA) is 65.6 Å². The number of allylic oxidation sites excluding steroid dienone is 1. The fraction of sp³-hybridized carbons (Fsp3) is 0.679. The van der Waals surface area contributed by atoms with Crippen LogP contribution in [0.4, 0.5) is 0 Å². The van der Waals surface area contributed by atoms with E-state index in [1.54, 1.807) is 0 Å². The molecule has 2 N–H and O–H groups in total. The molecule has 178 valence electrons. The van der Waals surface area contributed by atoms with E-state index >= 15 is 0 Å². The molecule has 1 heterocycles. The average molecular weight is 451 g/mol. The SMILES string of the molecule is C/C(=N\NC(=O)C[n+]1ccccc1)C1CCC2C3CC=C4CC(O)CCC4(C)C3CCC12C.